The van der Waals surface area contributed by atoms with Crippen LogP contribution < -0.4 is 15.5 Å². The number of aromatic hydroxyl groups is 1. The van der Waals surface area contributed by atoms with E-state index in [0.29, 0.717) is 12.2 Å². The number of methoxy groups -OCH3 is 2. The van der Waals surface area contributed by atoms with Gasteiger partial charge in [-0.2, -0.15) is 5.10 Å². The second-order valence-corrected chi connectivity index (χ2v) is 3.85. The molecule has 0 fully saturated rings. The van der Waals surface area contributed by atoms with Crippen molar-refractivity contribution >= 4 is 18.0 Å². The fourth-order valence-corrected chi connectivity index (χ4v) is 1.37. The molecular formula is C13H17N3O5. The molecule has 2 amide bonds. The quantitative estimate of drug-likeness (QED) is 0.287. The lowest BCUT2D eigenvalue weighted by molar-refractivity contribution is -0.139. The molecule has 1 aromatic carbocycles. The van der Waals surface area contributed by atoms with Crippen LogP contribution in [-0.4, -0.2) is 50.5 Å². The smallest absolute Gasteiger partial charge is 0.329 e. The van der Waals surface area contributed by atoms with Gasteiger partial charge in [-0.05, 0) is 12.1 Å². The number of benzene rings is 1. The van der Waals surface area contributed by atoms with Gasteiger partial charge in [0.25, 0.3) is 0 Å². The van der Waals surface area contributed by atoms with E-state index >= 15 is 0 Å². The first kappa shape index (κ1) is 16.4. The average molecular weight is 295 g/mol. The van der Waals surface area contributed by atoms with E-state index in [1.54, 1.807) is 18.2 Å². The molecule has 3 N–H and O–H groups in total. The first-order chi connectivity index (χ1) is 10.1. The van der Waals surface area contributed by atoms with Gasteiger partial charge in [0.1, 0.15) is 0 Å². The molecule has 0 aliphatic heterocycles. The molecule has 0 aromatic heterocycles. The van der Waals surface area contributed by atoms with Crippen LogP contribution in [0, 0.1) is 0 Å². The SMILES string of the molecule is COCCNC(=O)C(=O)N/N=C/c1cccc(OC)c1O. The van der Waals surface area contributed by atoms with Gasteiger partial charge >= 0.3 is 11.8 Å². The second kappa shape index (κ2) is 8.54. The van der Waals surface area contributed by atoms with E-state index in [-0.39, 0.29) is 18.0 Å². The molecular weight excluding hydrogens is 278 g/mol. The van der Waals surface area contributed by atoms with Crippen LogP contribution in [0.3, 0.4) is 0 Å². The molecule has 0 radical (unpaired) electrons. The van der Waals surface area contributed by atoms with E-state index in [1.807, 2.05) is 5.43 Å². The molecule has 0 atom stereocenters. The minimum Gasteiger partial charge on any atom is -0.504 e. The van der Waals surface area contributed by atoms with Gasteiger partial charge in [0, 0.05) is 19.2 Å². The predicted molar refractivity (Wildman–Crippen MR) is 75.3 cm³/mol. The molecule has 0 aliphatic carbocycles. The summed E-state index contributed by atoms with van der Waals surface area (Å²) in [6.07, 6.45) is 1.21. The largest absolute Gasteiger partial charge is 0.504 e. The Morgan fingerprint density at radius 2 is 2.10 bits per heavy atom. The van der Waals surface area contributed by atoms with Gasteiger partial charge < -0.3 is 19.9 Å². The topological polar surface area (TPSA) is 109 Å². The Balaban J connectivity index is 2.54. The van der Waals surface area contributed by atoms with Crippen LogP contribution in [-0.2, 0) is 14.3 Å². The van der Waals surface area contributed by atoms with E-state index in [4.69, 9.17) is 9.47 Å². The number of carbonyl (C=O) groups is 2. The highest BCUT2D eigenvalue weighted by atomic mass is 16.5. The van der Waals surface area contributed by atoms with Crippen LogP contribution in [0.15, 0.2) is 23.3 Å². The van der Waals surface area contributed by atoms with E-state index in [2.05, 4.69) is 10.4 Å². The first-order valence-electron chi connectivity index (χ1n) is 6.06. The molecule has 0 unspecified atom stereocenters. The Hall–Kier alpha value is -2.61. The highest BCUT2D eigenvalue weighted by Gasteiger charge is 2.11. The Morgan fingerprint density at radius 3 is 2.76 bits per heavy atom. The maximum atomic E-state index is 11.4. The zero-order valence-corrected chi connectivity index (χ0v) is 11.8. The molecule has 1 rings (SSSR count). The minimum absolute atomic E-state index is 0.109. The standard InChI is InChI=1S/C13H17N3O5/c1-20-7-6-14-12(18)13(19)16-15-8-9-4-3-5-10(21-2)11(9)17/h3-5,8,17H,6-7H2,1-2H3,(H,14,18)(H,16,19)/b15-8+. The first-order valence-corrected chi connectivity index (χ1v) is 6.06. The van der Waals surface area contributed by atoms with Crippen LogP contribution in [0.4, 0.5) is 0 Å². The number of hydrogen-bond acceptors (Lipinski definition) is 6. The molecule has 0 saturated carbocycles. The lowest BCUT2D eigenvalue weighted by Crippen LogP contribution is -2.39. The second-order valence-electron chi connectivity index (χ2n) is 3.85. The fourth-order valence-electron chi connectivity index (χ4n) is 1.37. The monoisotopic (exact) mass is 295 g/mol. The number of amides is 2. The number of nitrogens with zero attached hydrogens (tertiary/aromatic N) is 1. The summed E-state index contributed by atoms with van der Waals surface area (Å²) >= 11 is 0. The number of hydrogen-bond donors (Lipinski definition) is 3. The molecule has 1 aromatic rings. The van der Waals surface area contributed by atoms with Crippen molar-refractivity contribution < 1.29 is 24.2 Å². The van der Waals surface area contributed by atoms with Gasteiger partial charge in [-0.3, -0.25) is 9.59 Å². The number of phenolic OH excluding ortho intramolecular Hbond substituents is 1. The van der Waals surface area contributed by atoms with Crippen LogP contribution in [0.5, 0.6) is 11.5 Å². The summed E-state index contributed by atoms with van der Waals surface area (Å²) in [6.45, 7) is 0.531. The van der Waals surface area contributed by atoms with Crippen LogP contribution in [0.1, 0.15) is 5.56 Å². The maximum absolute atomic E-state index is 11.4. The number of para-hydroxylation sites is 1. The van der Waals surface area contributed by atoms with Gasteiger partial charge in [0.05, 0.1) is 19.9 Å². The Labute approximate surface area is 121 Å². The minimum atomic E-state index is -0.912. The van der Waals surface area contributed by atoms with Crippen LogP contribution in [0.2, 0.25) is 0 Å². The summed E-state index contributed by atoms with van der Waals surface area (Å²) in [5.74, 6) is -1.56. The molecule has 0 bridgehead atoms. The number of ether oxygens (including phenoxy) is 2. The fraction of sp³-hybridized carbons (Fsp3) is 0.308. The lowest BCUT2D eigenvalue weighted by Gasteiger charge is -2.05. The maximum Gasteiger partial charge on any atom is 0.329 e. The van der Waals surface area contributed by atoms with E-state index in [1.165, 1.54) is 20.4 Å². The molecule has 0 spiro atoms. The van der Waals surface area contributed by atoms with Gasteiger partial charge in [0.15, 0.2) is 11.5 Å². The zero-order chi connectivity index (χ0) is 15.7. The molecule has 8 heteroatoms. The van der Waals surface area contributed by atoms with Gasteiger partial charge in [0.2, 0.25) is 0 Å². The Morgan fingerprint density at radius 1 is 1.33 bits per heavy atom. The molecule has 8 nitrogen and oxygen atoms in total. The highest BCUT2D eigenvalue weighted by Crippen LogP contribution is 2.27. The normalized spacial score (nSPS) is 10.4. The van der Waals surface area contributed by atoms with Crippen molar-refractivity contribution in [1.29, 1.82) is 0 Å². The summed E-state index contributed by atoms with van der Waals surface area (Å²) in [5, 5.41) is 15.7. The van der Waals surface area contributed by atoms with E-state index in [9.17, 15) is 14.7 Å². The van der Waals surface area contributed by atoms with E-state index in [0.717, 1.165) is 0 Å². The summed E-state index contributed by atoms with van der Waals surface area (Å²) < 4.78 is 9.66. The van der Waals surface area contributed by atoms with Crippen molar-refractivity contribution in [1.82, 2.24) is 10.7 Å². The zero-order valence-electron chi connectivity index (χ0n) is 11.8. The third-order valence-electron chi connectivity index (χ3n) is 2.42. The van der Waals surface area contributed by atoms with Crippen LogP contribution in [0.25, 0.3) is 0 Å². The van der Waals surface area contributed by atoms with Crippen molar-refractivity contribution in [2.24, 2.45) is 5.10 Å². The van der Waals surface area contributed by atoms with Crippen molar-refractivity contribution in [2.45, 2.75) is 0 Å². The third kappa shape index (κ3) is 5.11. The third-order valence-corrected chi connectivity index (χ3v) is 2.42. The molecule has 114 valence electrons. The summed E-state index contributed by atoms with van der Waals surface area (Å²) in [5.41, 5.74) is 2.39. The summed E-state index contributed by atoms with van der Waals surface area (Å²) in [6, 6.07) is 4.81. The number of nitrogens with one attached hydrogen (secondary N) is 2. The summed E-state index contributed by atoms with van der Waals surface area (Å²) in [4.78, 5) is 22.7. The average Bonchev–Trinajstić information content (AvgIpc) is 2.49. The number of phenols is 1. The van der Waals surface area contributed by atoms with Crippen molar-refractivity contribution in [3.8, 4) is 11.5 Å². The van der Waals surface area contributed by atoms with Crippen molar-refractivity contribution in [3.63, 3.8) is 0 Å². The van der Waals surface area contributed by atoms with E-state index < -0.39 is 11.8 Å². The summed E-state index contributed by atoms with van der Waals surface area (Å²) in [7, 11) is 2.90. The Kier molecular flexibility index (Phi) is 6.69. The molecule has 0 heterocycles. The number of rotatable bonds is 6. The van der Waals surface area contributed by atoms with Crippen molar-refractivity contribution in [3.05, 3.63) is 23.8 Å². The lowest BCUT2D eigenvalue weighted by atomic mass is 10.2. The van der Waals surface area contributed by atoms with Crippen LogP contribution >= 0.6 is 0 Å². The molecule has 21 heavy (non-hydrogen) atoms. The Bertz CT molecular complexity index is 531. The highest BCUT2D eigenvalue weighted by molar-refractivity contribution is 6.35. The predicted octanol–water partition coefficient (Wildman–Crippen LogP) is -0.386. The number of hydrazone groups is 1. The van der Waals surface area contributed by atoms with Crippen molar-refractivity contribution in [2.75, 3.05) is 27.4 Å². The number of carbonyl (C=O) groups excluding carboxylic acids is 2. The van der Waals surface area contributed by atoms with Gasteiger partial charge in [-0.25, -0.2) is 5.43 Å². The van der Waals surface area contributed by atoms with Gasteiger partial charge in [-0.1, -0.05) is 6.07 Å². The molecule has 0 aliphatic rings. The molecule has 0 saturated heterocycles. The van der Waals surface area contributed by atoms with Gasteiger partial charge in [-0.15, -0.1) is 0 Å².